The Labute approximate surface area is 111 Å². The van der Waals surface area contributed by atoms with Gasteiger partial charge in [-0.25, -0.2) is 4.98 Å². The number of hydrogen-bond donors (Lipinski definition) is 0. The van der Waals surface area contributed by atoms with E-state index in [-0.39, 0.29) is 0 Å². The number of fused-ring (bicyclic) bond motifs is 1. The summed E-state index contributed by atoms with van der Waals surface area (Å²) in [6, 6.07) is 4.48. The number of morpholine rings is 1. The zero-order valence-corrected chi connectivity index (χ0v) is 11.7. The van der Waals surface area contributed by atoms with Gasteiger partial charge in [-0.2, -0.15) is 0 Å². The molecule has 0 radical (unpaired) electrons. The van der Waals surface area contributed by atoms with E-state index >= 15 is 0 Å². The summed E-state index contributed by atoms with van der Waals surface area (Å²) < 4.78 is 6.77. The van der Waals surface area contributed by atoms with Gasteiger partial charge in [0.15, 0.2) is 0 Å². The predicted octanol–water partition coefficient (Wildman–Crippen LogP) is 3.00. The van der Waals surface area contributed by atoms with Gasteiger partial charge in [-0.05, 0) is 25.0 Å². The number of thiazole rings is 1. The Morgan fingerprint density at radius 3 is 2.83 bits per heavy atom. The summed E-state index contributed by atoms with van der Waals surface area (Å²) in [5.74, 6) is 0. The van der Waals surface area contributed by atoms with Gasteiger partial charge in [0.25, 0.3) is 0 Å². The molecule has 2 heterocycles. The van der Waals surface area contributed by atoms with Crippen LogP contribution in [0, 0.1) is 6.92 Å². The molecular formula is C14H18N2OS. The first-order valence-electron chi connectivity index (χ1n) is 6.51. The van der Waals surface area contributed by atoms with Crippen molar-refractivity contribution in [3.8, 4) is 0 Å². The van der Waals surface area contributed by atoms with Crippen LogP contribution < -0.4 is 4.90 Å². The molecule has 0 N–H and O–H groups in total. The Bertz CT molecular complexity index is 558. The highest BCUT2D eigenvalue weighted by atomic mass is 32.1. The molecule has 3 nitrogen and oxygen atoms in total. The second kappa shape index (κ2) is 4.86. The predicted molar refractivity (Wildman–Crippen MR) is 76.8 cm³/mol. The number of ether oxygens (including phenoxy) is 1. The molecule has 1 aliphatic rings. The molecule has 0 bridgehead atoms. The number of nitrogens with zero attached hydrogens (tertiary/aromatic N) is 2. The van der Waals surface area contributed by atoms with Crippen LogP contribution in [0.3, 0.4) is 0 Å². The minimum Gasteiger partial charge on any atom is -0.378 e. The minimum atomic E-state index is 0.828. The molecule has 1 saturated heterocycles. The molecule has 4 heteroatoms. The third kappa shape index (κ3) is 1.99. The van der Waals surface area contributed by atoms with Gasteiger partial charge in [0.05, 0.1) is 34.1 Å². The summed E-state index contributed by atoms with van der Waals surface area (Å²) in [5.41, 5.74) is 3.88. The monoisotopic (exact) mass is 262 g/mol. The van der Waals surface area contributed by atoms with E-state index < -0.39 is 0 Å². The molecule has 0 spiro atoms. The lowest BCUT2D eigenvalue weighted by Gasteiger charge is -2.29. The van der Waals surface area contributed by atoms with Crippen LogP contribution in [0.1, 0.15) is 17.5 Å². The Morgan fingerprint density at radius 2 is 2.11 bits per heavy atom. The maximum Gasteiger partial charge on any atom is 0.0908 e. The molecule has 2 aromatic rings. The topological polar surface area (TPSA) is 25.4 Å². The third-order valence-corrected chi connectivity index (χ3v) is 4.44. The van der Waals surface area contributed by atoms with Gasteiger partial charge in [0.1, 0.15) is 0 Å². The average Bonchev–Trinajstić information content (AvgIpc) is 2.80. The quantitative estimate of drug-likeness (QED) is 0.832. The molecule has 0 unspecified atom stereocenters. The molecule has 3 rings (SSSR count). The molecule has 0 amide bonds. The van der Waals surface area contributed by atoms with Crippen molar-refractivity contribution in [3.05, 3.63) is 22.7 Å². The maximum absolute atomic E-state index is 5.43. The van der Waals surface area contributed by atoms with Crippen molar-refractivity contribution in [3.63, 3.8) is 0 Å². The van der Waals surface area contributed by atoms with Crippen molar-refractivity contribution in [1.29, 1.82) is 0 Å². The molecule has 1 aromatic heterocycles. The zero-order valence-electron chi connectivity index (χ0n) is 10.9. The van der Waals surface area contributed by atoms with E-state index in [0.29, 0.717) is 0 Å². The Balaban J connectivity index is 2.11. The number of aromatic nitrogens is 1. The maximum atomic E-state index is 5.43. The molecule has 1 aliphatic heterocycles. The smallest absolute Gasteiger partial charge is 0.0908 e. The molecular weight excluding hydrogens is 244 g/mol. The van der Waals surface area contributed by atoms with E-state index in [1.807, 2.05) is 11.3 Å². The van der Waals surface area contributed by atoms with Gasteiger partial charge in [0, 0.05) is 13.1 Å². The highest BCUT2D eigenvalue weighted by Crippen LogP contribution is 2.34. The normalized spacial score (nSPS) is 16.4. The van der Waals surface area contributed by atoms with Gasteiger partial charge in [0.2, 0.25) is 0 Å². The molecule has 1 aromatic carbocycles. The number of aryl methyl sites for hydroxylation is 2. The molecule has 0 atom stereocenters. The number of hydrogen-bond acceptors (Lipinski definition) is 4. The standard InChI is InChI=1S/C14H18N2OS/c1-3-11-4-5-12(16-6-8-17-9-7-16)14-13(11)15-10(2)18-14/h4-5H,3,6-9H2,1-2H3. The lowest BCUT2D eigenvalue weighted by molar-refractivity contribution is 0.123. The summed E-state index contributed by atoms with van der Waals surface area (Å²) in [6.45, 7) is 7.91. The van der Waals surface area contributed by atoms with Gasteiger partial charge in [-0.1, -0.05) is 13.0 Å². The van der Waals surface area contributed by atoms with Crippen molar-refractivity contribution in [2.45, 2.75) is 20.3 Å². The van der Waals surface area contributed by atoms with Gasteiger partial charge < -0.3 is 9.64 Å². The first-order valence-corrected chi connectivity index (χ1v) is 7.33. The van der Waals surface area contributed by atoms with Crippen LogP contribution in [0.15, 0.2) is 12.1 Å². The average molecular weight is 262 g/mol. The number of anilines is 1. The van der Waals surface area contributed by atoms with Crippen LogP contribution in [0.25, 0.3) is 10.2 Å². The first kappa shape index (κ1) is 11.9. The van der Waals surface area contributed by atoms with E-state index in [1.54, 1.807) is 0 Å². The molecule has 0 aliphatic carbocycles. The Morgan fingerprint density at radius 1 is 1.33 bits per heavy atom. The fraction of sp³-hybridized carbons (Fsp3) is 0.500. The van der Waals surface area contributed by atoms with Crippen LogP contribution in [0.4, 0.5) is 5.69 Å². The highest BCUT2D eigenvalue weighted by molar-refractivity contribution is 7.19. The lowest BCUT2D eigenvalue weighted by Crippen LogP contribution is -2.36. The van der Waals surface area contributed by atoms with E-state index in [1.165, 1.54) is 21.5 Å². The lowest BCUT2D eigenvalue weighted by atomic mass is 10.1. The van der Waals surface area contributed by atoms with Gasteiger partial charge in [-0.15, -0.1) is 11.3 Å². The summed E-state index contributed by atoms with van der Waals surface area (Å²) in [4.78, 5) is 7.12. The summed E-state index contributed by atoms with van der Waals surface area (Å²) >= 11 is 1.81. The zero-order chi connectivity index (χ0) is 12.5. The molecule has 0 saturated carbocycles. The van der Waals surface area contributed by atoms with E-state index in [2.05, 4.69) is 30.9 Å². The van der Waals surface area contributed by atoms with Crippen molar-refractivity contribution < 1.29 is 4.74 Å². The van der Waals surface area contributed by atoms with Crippen LogP contribution in [0.5, 0.6) is 0 Å². The Hall–Kier alpha value is -1.13. The SMILES string of the molecule is CCc1ccc(N2CCOCC2)c2sc(C)nc12. The van der Waals surface area contributed by atoms with Crippen LogP contribution in [-0.4, -0.2) is 31.3 Å². The number of benzene rings is 1. The van der Waals surface area contributed by atoms with Crippen LogP contribution in [-0.2, 0) is 11.2 Å². The first-order chi connectivity index (χ1) is 8.79. The van der Waals surface area contributed by atoms with Crippen LogP contribution >= 0.6 is 11.3 Å². The van der Waals surface area contributed by atoms with E-state index in [0.717, 1.165) is 37.7 Å². The Kier molecular flexibility index (Phi) is 3.22. The van der Waals surface area contributed by atoms with E-state index in [4.69, 9.17) is 9.72 Å². The largest absolute Gasteiger partial charge is 0.378 e. The fourth-order valence-corrected chi connectivity index (χ4v) is 3.50. The van der Waals surface area contributed by atoms with Gasteiger partial charge >= 0.3 is 0 Å². The summed E-state index contributed by atoms with van der Waals surface area (Å²) in [7, 11) is 0. The van der Waals surface area contributed by atoms with E-state index in [9.17, 15) is 0 Å². The second-order valence-electron chi connectivity index (χ2n) is 4.61. The highest BCUT2D eigenvalue weighted by Gasteiger charge is 2.17. The van der Waals surface area contributed by atoms with Gasteiger partial charge in [-0.3, -0.25) is 0 Å². The van der Waals surface area contributed by atoms with Crippen molar-refractivity contribution in [1.82, 2.24) is 4.98 Å². The second-order valence-corrected chi connectivity index (χ2v) is 5.81. The van der Waals surface area contributed by atoms with Crippen molar-refractivity contribution in [2.24, 2.45) is 0 Å². The summed E-state index contributed by atoms with van der Waals surface area (Å²) in [6.07, 6.45) is 1.04. The van der Waals surface area contributed by atoms with Crippen molar-refractivity contribution >= 4 is 27.2 Å². The molecule has 96 valence electrons. The van der Waals surface area contributed by atoms with Crippen molar-refractivity contribution in [2.75, 3.05) is 31.2 Å². The van der Waals surface area contributed by atoms with Crippen LogP contribution in [0.2, 0.25) is 0 Å². The molecule has 18 heavy (non-hydrogen) atoms. The minimum absolute atomic E-state index is 0.828. The summed E-state index contributed by atoms with van der Waals surface area (Å²) in [5, 5.41) is 1.15. The fourth-order valence-electron chi connectivity index (χ4n) is 2.49. The number of rotatable bonds is 2. The third-order valence-electron chi connectivity index (χ3n) is 3.45. The molecule has 1 fully saturated rings.